The second-order valence-electron chi connectivity index (χ2n) is 6.01. The molecule has 0 heterocycles. The van der Waals surface area contributed by atoms with Crippen molar-refractivity contribution < 1.29 is 24.6 Å². The van der Waals surface area contributed by atoms with Gasteiger partial charge in [-0.3, -0.25) is 9.59 Å². The van der Waals surface area contributed by atoms with Crippen LogP contribution < -0.4 is 11.1 Å². The fraction of sp³-hybridized carbons (Fsp3) is 0.471. The first kappa shape index (κ1) is 21.6. The number of hydrogen-bond donors (Lipinski definition) is 4. The molecule has 0 aromatic heterocycles. The van der Waals surface area contributed by atoms with Gasteiger partial charge in [0.05, 0.1) is 0 Å². The highest BCUT2D eigenvalue weighted by Crippen LogP contribution is 2.04. The number of rotatable bonds is 6. The minimum absolute atomic E-state index is 0.0208. The molecule has 1 aromatic rings. The summed E-state index contributed by atoms with van der Waals surface area (Å²) in [6.07, 6.45) is 0. The van der Waals surface area contributed by atoms with Gasteiger partial charge in [-0.2, -0.15) is 0 Å². The predicted molar refractivity (Wildman–Crippen MR) is 90.6 cm³/mol. The highest BCUT2D eigenvalue weighted by atomic mass is 16.4. The number of carbonyl (C=O) groups excluding carboxylic acids is 1. The molecule has 2 atom stereocenters. The van der Waals surface area contributed by atoms with Crippen molar-refractivity contribution in [3.63, 3.8) is 0 Å². The average molecular weight is 338 g/mol. The average Bonchev–Trinajstić information content (AvgIpc) is 2.52. The molecular formula is C17H26N2O5. The fourth-order valence-corrected chi connectivity index (χ4v) is 1.61. The van der Waals surface area contributed by atoms with Crippen LogP contribution in [0.25, 0.3) is 0 Å². The molecule has 7 nitrogen and oxygen atoms in total. The molecule has 0 aliphatic carbocycles. The van der Waals surface area contributed by atoms with Gasteiger partial charge in [0.25, 0.3) is 5.91 Å². The Balaban J connectivity index is 0.000000561. The summed E-state index contributed by atoms with van der Waals surface area (Å²) in [5.74, 6) is -2.43. The van der Waals surface area contributed by atoms with Crippen LogP contribution in [0.3, 0.4) is 0 Å². The third-order valence-electron chi connectivity index (χ3n) is 3.26. The molecule has 0 aliphatic rings. The molecule has 0 fully saturated rings. The van der Waals surface area contributed by atoms with E-state index in [1.807, 2.05) is 0 Å². The van der Waals surface area contributed by atoms with Crippen molar-refractivity contribution in [1.29, 1.82) is 0 Å². The fourth-order valence-electron chi connectivity index (χ4n) is 1.61. The molecule has 0 unspecified atom stereocenters. The molecule has 0 spiro atoms. The normalized spacial score (nSPS) is 12.8. The van der Waals surface area contributed by atoms with Crippen LogP contribution in [0, 0.1) is 11.8 Å². The predicted octanol–water partition coefficient (Wildman–Crippen LogP) is 1.58. The highest BCUT2D eigenvalue weighted by molar-refractivity contribution is 5.96. The van der Waals surface area contributed by atoms with Crippen molar-refractivity contribution in [2.75, 3.05) is 0 Å². The van der Waals surface area contributed by atoms with Crippen molar-refractivity contribution in [2.24, 2.45) is 17.6 Å². The SMILES string of the molecule is CC(C)[C@H](N)C(=O)O.CC(C)[C@H](NC(=O)c1ccccc1)C(=O)O. The quantitative estimate of drug-likeness (QED) is 0.623. The van der Waals surface area contributed by atoms with Crippen LogP contribution in [0.15, 0.2) is 30.3 Å². The van der Waals surface area contributed by atoms with Gasteiger partial charge in [-0.25, -0.2) is 4.79 Å². The number of nitrogens with one attached hydrogen (secondary N) is 1. The van der Waals surface area contributed by atoms with Crippen molar-refractivity contribution >= 4 is 17.8 Å². The molecule has 1 aromatic carbocycles. The molecule has 0 saturated carbocycles. The van der Waals surface area contributed by atoms with Crippen LogP contribution in [0.4, 0.5) is 0 Å². The second kappa shape index (κ2) is 10.4. The van der Waals surface area contributed by atoms with Gasteiger partial charge in [-0.15, -0.1) is 0 Å². The van der Waals surface area contributed by atoms with Crippen LogP contribution >= 0.6 is 0 Å². The summed E-state index contributed by atoms with van der Waals surface area (Å²) in [6, 6.07) is 7.00. The number of carboxylic acid groups (broad SMARTS) is 2. The van der Waals surface area contributed by atoms with Gasteiger partial charge in [0.2, 0.25) is 0 Å². The summed E-state index contributed by atoms with van der Waals surface area (Å²) in [6.45, 7) is 7.06. The Hall–Kier alpha value is -2.41. The summed E-state index contributed by atoms with van der Waals surface area (Å²) >= 11 is 0. The summed E-state index contributed by atoms with van der Waals surface area (Å²) < 4.78 is 0. The molecule has 0 saturated heterocycles. The smallest absolute Gasteiger partial charge is 0.326 e. The van der Waals surface area contributed by atoms with E-state index in [1.54, 1.807) is 58.0 Å². The van der Waals surface area contributed by atoms with Crippen molar-refractivity contribution in [2.45, 2.75) is 39.8 Å². The largest absolute Gasteiger partial charge is 0.480 e. The van der Waals surface area contributed by atoms with E-state index in [0.717, 1.165) is 0 Å². The molecular weight excluding hydrogens is 312 g/mol. The standard InChI is InChI=1S/C12H15NO3.C5H11NO2/c1-8(2)10(12(15)16)13-11(14)9-6-4-3-5-7-9;1-3(2)4(6)5(7)8/h3-8,10H,1-2H3,(H,13,14)(H,15,16);3-4H,6H2,1-2H3,(H,7,8)/t10-;4-/m00/s1. The second-order valence-corrected chi connectivity index (χ2v) is 6.01. The number of nitrogens with two attached hydrogens (primary N) is 1. The summed E-state index contributed by atoms with van der Waals surface area (Å²) in [5.41, 5.74) is 5.63. The van der Waals surface area contributed by atoms with E-state index >= 15 is 0 Å². The van der Waals surface area contributed by atoms with E-state index in [0.29, 0.717) is 5.56 Å². The van der Waals surface area contributed by atoms with Crippen LogP contribution in [-0.2, 0) is 9.59 Å². The topological polar surface area (TPSA) is 130 Å². The zero-order valence-corrected chi connectivity index (χ0v) is 14.4. The molecule has 5 N–H and O–H groups in total. The summed E-state index contributed by atoms with van der Waals surface area (Å²) in [4.78, 5) is 32.6. The minimum atomic E-state index is -1.01. The van der Waals surface area contributed by atoms with Crippen LogP contribution in [0.5, 0.6) is 0 Å². The number of carboxylic acids is 2. The number of benzene rings is 1. The lowest BCUT2D eigenvalue weighted by molar-refractivity contribution is -0.141. The number of carbonyl (C=O) groups is 3. The molecule has 0 aliphatic heterocycles. The minimum Gasteiger partial charge on any atom is -0.480 e. The van der Waals surface area contributed by atoms with E-state index in [9.17, 15) is 14.4 Å². The van der Waals surface area contributed by atoms with Crippen molar-refractivity contribution in [3.8, 4) is 0 Å². The van der Waals surface area contributed by atoms with Crippen LogP contribution in [-0.4, -0.2) is 40.1 Å². The maximum absolute atomic E-state index is 11.7. The van der Waals surface area contributed by atoms with E-state index < -0.39 is 24.0 Å². The van der Waals surface area contributed by atoms with E-state index in [-0.39, 0.29) is 17.7 Å². The molecule has 134 valence electrons. The highest BCUT2D eigenvalue weighted by Gasteiger charge is 2.23. The zero-order valence-electron chi connectivity index (χ0n) is 14.4. The summed E-state index contributed by atoms with van der Waals surface area (Å²) in [5, 5.41) is 19.6. The van der Waals surface area contributed by atoms with Crippen LogP contribution in [0.2, 0.25) is 0 Å². The van der Waals surface area contributed by atoms with Gasteiger partial charge in [0.1, 0.15) is 12.1 Å². The Morgan fingerprint density at radius 2 is 1.42 bits per heavy atom. The van der Waals surface area contributed by atoms with Gasteiger partial charge in [-0.1, -0.05) is 45.9 Å². The number of aliphatic carboxylic acids is 2. The molecule has 1 amide bonds. The molecule has 24 heavy (non-hydrogen) atoms. The monoisotopic (exact) mass is 338 g/mol. The first-order valence-corrected chi connectivity index (χ1v) is 7.65. The van der Waals surface area contributed by atoms with Gasteiger partial charge in [0.15, 0.2) is 0 Å². The lowest BCUT2D eigenvalue weighted by Gasteiger charge is -2.17. The Kier molecular flexibility index (Phi) is 9.34. The Morgan fingerprint density at radius 1 is 0.917 bits per heavy atom. The van der Waals surface area contributed by atoms with Crippen molar-refractivity contribution in [1.82, 2.24) is 5.32 Å². The third kappa shape index (κ3) is 7.73. The maximum Gasteiger partial charge on any atom is 0.326 e. The van der Waals surface area contributed by atoms with Crippen molar-refractivity contribution in [3.05, 3.63) is 35.9 Å². The van der Waals surface area contributed by atoms with Gasteiger partial charge in [0, 0.05) is 5.56 Å². The molecule has 1 rings (SSSR count). The first-order chi connectivity index (χ1) is 11.1. The zero-order chi connectivity index (χ0) is 18.9. The third-order valence-corrected chi connectivity index (χ3v) is 3.26. The molecule has 0 bridgehead atoms. The molecule has 7 heteroatoms. The Bertz CT molecular complexity index is 543. The van der Waals surface area contributed by atoms with E-state index in [1.165, 1.54) is 0 Å². The van der Waals surface area contributed by atoms with E-state index in [2.05, 4.69) is 5.32 Å². The number of amides is 1. The van der Waals surface area contributed by atoms with Crippen LogP contribution in [0.1, 0.15) is 38.1 Å². The van der Waals surface area contributed by atoms with E-state index in [4.69, 9.17) is 15.9 Å². The lowest BCUT2D eigenvalue weighted by atomic mass is 10.0. The van der Waals surface area contributed by atoms with Gasteiger partial charge < -0.3 is 21.3 Å². The Morgan fingerprint density at radius 3 is 1.71 bits per heavy atom. The summed E-state index contributed by atoms with van der Waals surface area (Å²) in [7, 11) is 0. The molecule has 0 radical (unpaired) electrons. The Labute approximate surface area is 141 Å². The number of hydrogen-bond acceptors (Lipinski definition) is 4. The maximum atomic E-state index is 11.7. The van der Waals surface area contributed by atoms with Gasteiger partial charge >= 0.3 is 11.9 Å². The van der Waals surface area contributed by atoms with Gasteiger partial charge in [-0.05, 0) is 24.0 Å². The first-order valence-electron chi connectivity index (χ1n) is 7.65. The lowest BCUT2D eigenvalue weighted by Crippen LogP contribution is -2.44.